The Morgan fingerprint density at radius 1 is 1.29 bits per heavy atom. The molecule has 1 aromatic carbocycles. The first kappa shape index (κ1) is 13.4. The fourth-order valence-electron chi connectivity index (χ4n) is 2.56. The lowest BCUT2D eigenvalue weighted by molar-refractivity contribution is -0.117. The highest BCUT2D eigenvalue weighted by atomic mass is 16.3. The first-order chi connectivity index (χ1) is 10.1. The number of benzene rings is 1. The first-order valence-corrected chi connectivity index (χ1v) is 6.81. The Hall–Kier alpha value is -2.56. The van der Waals surface area contributed by atoms with E-state index >= 15 is 0 Å². The normalized spacial score (nSPS) is 20.0. The van der Waals surface area contributed by atoms with Crippen molar-refractivity contribution in [1.29, 1.82) is 0 Å². The van der Waals surface area contributed by atoms with Crippen LogP contribution in [0.25, 0.3) is 0 Å². The van der Waals surface area contributed by atoms with E-state index in [1.165, 1.54) is 0 Å². The highest BCUT2D eigenvalue weighted by Gasteiger charge is 2.45. The van der Waals surface area contributed by atoms with E-state index in [1.807, 2.05) is 12.1 Å². The van der Waals surface area contributed by atoms with Crippen LogP contribution in [0.2, 0.25) is 0 Å². The predicted molar refractivity (Wildman–Crippen MR) is 77.9 cm³/mol. The molecule has 1 fully saturated rings. The third kappa shape index (κ3) is 2.54. The van der Waals surface area contributed by atoms with Crippen LogP contribution in [0.1, 0.15) is 34.0 Å². The molecule has 3 rings (SSSR count). The van der Waals surface area contributed by atoms with E-state index < -0.39 is 5.91 Å². The maximum Gasteiger partial charge on any atom is 0.249 e. The number of carbonyl (C=O) groups excluding carboxylic acids is 2. The Morgan fingerprint density at radius 3 is 2.76 bits per heavy atom. The number of nitrogens with two attached hydrogens (primary N) is 1. The minimum Gasteiger partial charge on any atom is -0.469 e. The van der Waals surface area contributed by atoms with Crippen molar-refractivity contribution in [2.24, 2.45) is 11.7 Å². The summed E-state index contributed by atoms with van der Waals surface area (Å²) in [6, 6.07) is 8.83. The zero-order valence-electron chi connectivity index (χ0n) is 11.6. The minimum absolute atomic E-state index is 0.0545. The van der Waals surface area contributed by atoms with Gasteiger partial charge in [-0.1, -0.05) is 6.07 Å². The SMILES string of the molecule is Cc1c(NC(=O)C2CC2c2ccco2)cccc1C(N)=O. The lowest BCUT2D eigenvalue weighted by Crippen LogP contribution is -2.18. The van der Waals surface area contributed by atoms with Gasteiger partial charge in [0.15, 0.2) is 0 Å². The largest absolute Gasteiger partial charge is 0.469 e. The summed E-state index contributed by atoms with van der Waals surface area (Å²) in [7, 11) is 0. The number of hydrogen-bond donors (Lipinski definition) is 2. The molecule has 21 heavy (non-hydrogen) atoms. The van der Waals surface area contributed by atoms with Crippen LogP contribution in [-0.4, -0.2) is 11.8 Å². The molecule has 5 heteroatoms. The van der Waals surface area contributed by atoms with Gasteiger partial charge in [0.25, 0.3) is 0 Å². The van der Waals surface area contributed by atoms with Crippen molar-refractivity contribution < 1.29 is 14.0 Å². The third-order valence-electron chi connectivity index (χ3n) is 3.89. The molecule has 3 N–H and O–H groups in total. The summed E-state index contributed by atoms with van der Waals surface area (Å²) in [4.78, 5) is 23.6. The molecule has 0 radical (unpaired) electrons. The van der Waals surface area contributed by atoms with E-state index in [9.17, 15) is 9.59 Å². The minimum atomic E-state index is -0.497. The molecule has 0 bridgehead atoms. The molecule has 1 aliphatic carbocycles. The second kappa shape index (κ2) is 5.09. The number of anilines is 1. The number of carbonyl (C=O) groups is 2. The molecule has 1 heterocycles. The van der Waals surface area contributed by atoms with Gasteiger partial charge < -0.3 is 15.5 Å². The summed E-state index contributed by atoms with van der Waals surface area (Å²) in [5, 5.41) is 2.87. The second-order valence-electron chi connectivity index (χ2n) is 5.30. The Balaban J connectivity index is 1.72. The third-order valence-corrected chi connectivity index (χ3v) is 3.89. The molecule has 108 valence electrons. The Bertz CT molecular complexity index is 692. The van der Waals surface area contributed by atoms with E-state index in [0.717, 1.165) is 12.2 Å². The first-order valence-electron chi connectivity index (χ1n) is 6.81. The molecule has 1 saturated carbocycles. The van der Waals surface area contributed by atoms with E-state index in [4.69, 9.17) is 10.2 Å². The predicted octanol–water partition coefficient (Wildman–Crippen LogP) is 2.43. The highest BCUT2D eigenvalue weighted by molar-refractivity contribution is 5.99. The van der Waals surface area contributed by atoms with Crippen LogP contribution >= 0.6 is 0 Å². The molecular formula is C16H16N2O3. The van der Waals surface area contributed by atoms with Gasteiger partial charge in [-0.25, -0.2) is 0 Å². The maximum absolute atomic E-state index is 12.2. The topological polar surface area (TPSA) is 85.3 Å². The Morgan fingerprint density at radius 2 is 2.10 bits per heavy atom. The molecule has 0 spiro atoms. The molecule has 5 nitrogen and oxygen atoms in total. The number of furan rings is 1. The second-order valence-corrected chi connectivity index (χ2v) is 5.30. The monoisotopic (exact) mass is 284 g/mol. The van der Waals surface area contributed by atoms with Crippen LogP contribution in [0, 0.1) is 12.8 Å². The van der Waals surface area contributed by atoms with Gasteiger partial charge in [-0.3, -0.25) is 9.59 Å². The molecule has 1 aliphatic rings. The quantitative estimate of drug-likeness (QED) is 0.904. The zero-order chi connectivity index (χ0) is 15.0. The Kier molecular flexibility index (Phi) is 3.25. The molecule has 2 atom stereocenters. The summed E-state index contributed by atoms with van der Waals surface area (Å²) in [5.74, 6) is 0.370. The van der Waals surface area contributed by atoms with Crippen LogP contribution in [0.15, 0.2) is 41.0 Å². The average molecular weight is 284 g/mol. The molecule has 2 unspecified atom stereocenters. The van der Waals surface area contributed by atoms with Crippen LogP contribution in [-0.2, 0) is 4.79 Å². The smallest absolute Gasteiger partial charge is 0.249 e. The van der Waals surface area contributed by atoms with Gasteiger partial charge in [-0.2, -0.15) is 0 Å². The van der Waals surface area contributed by atoms with E-state index in [2.05, 4.69) is 5.32 Å². The van der Waals surface area contributed by atoms with Gasteiger partial charge in [0.05, 0.1) is 6.26 Å². The van der Waals surface area contributed by atoms with Crippen LogP contribution < -0.4 is 11.1 Å². The van der Waals surface area contributed by atoms with Crippen molar-refractivity contribution >= 4 is 17.5 Å². The molecule has 0 aliphatic heterocycles. The van der Waals surface area contributed by atoms with Crippen LogP contribution in [0.4, 0.5) is 5.69 Å². The van der Waals surface area contributed by atoms with Gasteiger partial charge in [-0.05, 0) is 43.2 Å². The van der Waals surface area contributed by atoms with Crippen molar-refractivity contribution in [3.05, 3.63) is 53.5 Å². The van der Waals surface area contributed by atoms with E-state index in [-0.39, 0.29) is 17.7 Å². The van der Waals surface area contributed by atoms with Gasteiger partial charge in [-0.15, -0.1) is 0 Å². The van der Waals surface area contributed by atoms with Crippen molar-refractivity contribution in [3.63, 3.8) is 0 Å². The molecule has 2 amide bonds. The van der Waals surface area contributed by atoms with Crippen molar-refractivity contribution in [2.75, 3.05) is 5.32 Å². The van der Waals surface area contributed by atoms with E-state index in [0.29, 0.717) is 16.8 Å². The summed E-state index contributed by atoms with van der Waals surface area (Å²) in [6.45, 7) is 1.77. The number of nitrogens with one attached hydrogen (secondary N) is 1. The summed E-state index contributed by atoms with van der Waals surface area (Å²) in [6.07, 6.45) is 2.40. The molecule has 1 aromatic heterocycles. The maximum atomic E-state index is 12.2. The lowest BCUT2D eigenvalue weighted by atomic mass is 10.1. The summed E-state index contributed by atoms with van der Waals surface area (Å²) < 4.78 is 5.32. The van der Waals surface area contributed by atoms with Crippen molar-refractivity contribution in [3.8, 4) is 0 Å². The van der Waals surface area contributed by atoms with Crippen molar-refractivity contribution in [1.82, 2.24) is 0 Å². The fourth-order valence-corrected chi connectivity index (χ4v) is 2.56. The zero-order valence-corrected chi connectivity index (χ0v) is 11.6. The van der Waals surface area contributed by atoms with Crippen molar-refractivity contribution in [2.45, 2.75) is 19.3 Å². The molecule has 2 aromatic rings. The lowest BCUT2D eigenvalue weighted by Gasteiger charge is -2.10. The van der Waals surface area contributed by atoms with Crippen LogP contribution in [0.5, 0.6) is 0 Å². The molecule has 0 saturated heterocycles. The average Bonchev–Trinajstić information content (AvgIpc) is 3.07. The summed E-state index contributed by atoms with van der Waals surface area (Å²) in [5.41, 5.74) is 7.05. The van der Waals surface area contributed by atoms with Gasteiger partial charge in [0.1, 0.15) is 5.76 Å². The highest BCUT2D eigenvalue weighted by Crippen LogP contribution is 2.48. The van der Waals surface area contributed by atoms with Gasteiger partial charge >= 0.3 is 0 Å². The number of rotatable bonds is 4. The van der Waals surface area contributed by atoms with E-state index in [1.54, 1.807) is 31.4 Å². The fraction of sp³-hybridized carbons (Fsp3) is 0.250. The van der Waals surface area contributed by atoms with Gasteiger partial charge in [0.2, 0.25) is 11.8 Å². The number of primary amides is 1. The number of hydrogen-bond acceptors (Lipinski definition) is 3. The molecular weight excluding hydrogens is 268 g/mol. The summed E-state index contributed by atoms with van der Waals surface area (Å²) >= 11 is 0. The number of amides is 2. The van der Waals surface area contributed by atoms with Gasteiger partial charge in [0, 0.05) is 23.1 Å². The Labute approximate surface area is 122 Å². The van der Waals surface area contributed by atoms with Crippen LogP contribution in [0.3, 0.4) is 0 Å². The standard InChI is InChI=1S/C16H16N2O3/c1-9-10(15(17)19)4-2-5-13(9)18-16(20)12-8-11(12)14-6-3-7-21-14/h2-7,11-12H,8H2,1H3,(H2,17,19)(H,18,20).